The van der Waals surface area contributed by atoms with Gasteiger partial charge in [0, 0.05) is 12.7 Å². The molecule has 1 aromatic heterocycles. The Hall–Kier alpha value is -2.19. The molecule has 2 rings (SSSR count). The van der Waals surface area contributed by atoms with Gasteiger partial charge in [0.1, 0.15) is 10.8 Å². The smallest absolute Gasteiger partial charge is 0.411 e. The fourth-order valence-electron chi connectivity index (χ4n) is 1.64. The number of ether oxygens (including phenoxy) is 2. The molecule has 8 heteroatoms. The van der Waals surface area contributed by atoms with E-state index in [1.54, 1.807) is 14.2 Å². The second-order valence-corrected chi connectivity index (χ2v) is 4.78. The number of carboxylic acid groups (broad SMARTS) is 1. The monoisotopic (exact) mass is 295 g/mol. The molecule has 2 N–H and O–H groups in total. The van der Waals surface area contributed by atoms with Crippen LogP contribution in [0.15, 0.2) is 18.2 Å². The van der Waals surface area contributed by atoms with Crippen molar-refractivity contribution in [2.45, 2.75) is 6.61 Å². The number of hydrogen-bond donors (Lipinski definition) is 2. The van der Waals surface area contributed by atoms with E-state index in [1.807, 2.05) is 18.2 Å². The Balaban J connectivity index is 2.38. The Kier molecular flexibility index (Phi) is 4.49. The highest BCUT2D eigenvalue weighted by Crippen LogP contribution is 2.32. The van der Waals surface area contributed by atoms with E-state index >= 15 is 0 Å². The number of nitrogens with zero attached hydrogens (tertiary/aromatic N) is 2. The molecule has 0 fully saturated rings. The number of amides is 1. The topological polar surface area (TPSA) is 93.6 Å². The van der Waals surface area contributed by atoms with Gasteiger partial charge in [-0.25, -0.2) is 4.79 Å². The van der Waals surface area contributed by atoms with Crippen LogP contribution >= 0.6 is 11.3 Å². The molecule has 0 aliphatic rings. The van der Waals surface area contributed by atoms with Crippen LogP contribution in [0.25, 0.3) is 10.6 Å². The number of hydrogen-bond acceptors (Lipinski definition) is 6. The second kappa shape index (κ2) is 6.31. The minimum atomic E-state index is -1.17. The van der Waals surface area contributed by atoms with Crippen molar-refractivity contribution in [3.05, 3.63) is 23.8 Å². The molecule has 0 atom stereocenters. The third-order valence-electron chi connectivity index (χ3n) is 2.49. The number of benzene rings is 1. The first kappa shape index (κ1) is 14.2. The molecule has 0 aliphatic carbocycles. The maximum atomic E-state index is 10.6. The third-order valence-corrected chi connectivity index (χ3v) is 3.36. The van der Waals surface area contributed by atoms with Gasteiger partial charge in [0.2, 0.25) is 5.13 Å². The van der Waals surface area contributed by atoms with E-state index in [4.69, 9.17) is 14.6 Å². The molecule has 0 unspecified atom stereocenters. The van der Waals surface area contributed by atoms with Gasteiger partial charge in [-0.05, 0) is 17.7 Å². The molecule has 0 spiro atoms. The Labute approximate surface area is 119 Å². The highest BCUT2D eigenvalue weighted by Gasteiger charge is 2.13. The highest BCUT2D eigenvalue weighted by atomic mass is 32.1. The molecular weight excluding hydrogens is 282 g/mol. The summed E-state index contributed by atoms with van der Waals surface area (Å²) < 4.78 is 10.3. The number of anilines is 1. The largest absolute Gasteiger partial charge is 0.497 e. The van der Waals surface area contributed by atoms with Gasteiger partial charge in [0.25, 0.3) is 0 Å². The van der Waals surface area contributed by atoms with Crippen molar-refractivity contribution < 1.29 is 19.4 Å². The fourth-order valence-corrected chi connectivity index (χ4v) is 2.42. The van der Waals surface area contributed by atoms with E-state index < -0.39 is 6.09 Å². The maximum Gasteiger partial charge on any atom is 0.411 e. The first-order valence-corrected chi connectivity index (χ1v) is 6.45. The molecule has 0 aliphatic heterocycles. The average Bonchev–Trinajstić information content (AvgIpc) is 2.87. The lowest BCUT2D eigenvalue weighted by molar-refractivity contribution is 0.185. The molecule has 2 aromatic rings. The van der Waals surface area contributed by atoms with Crippen LogP contribution in [0, 0.1) is 0 Å². The Morgan fingerprint density at radius 3 is 2.85 bits per heavy atom. The minimum absolute atomic E-state index is 0.221. The van der Waals surface area contributed by atoms with E-state index in [-0.39, 0.29) is 5.13 Å². The summed E-state index contributed by atoms with van der Waals surface area (Å²) in [6, 6.07) is 5.53. The average molecular weight is 295 g/mol. The summed E-state index contributed by atoms with van der Waals surface area (Å²) in [5.41, 5.74) is 1.73. The number of aromatic nitrogens is 2. The van der Waals surface area contributed by atoms with Gasteiger partial charge >= 0.3 is 6.09 Å². The summed E-state index contributed by atoms with van der Waals surface area (Å²) in [7, 11) is 3.18. The number of carbonyl (C=O) groups is 1. The zero-order valence-electron chi connectivity index (χ0n) is 10.9. The Morgan fingerprint density at radius 1 is 1.40 bits per heavy atom. The molecule has 106 valence electrons. The zero-order valence-corrected chi connectivity index (χ0v) is 11.7. The second-order valence-electron chi connectivity index (χ2n) is 3.80. The van der Waals surface area contributed by atoms with Gasteiger partial charge in [0.05, 0.1) is 13.7 Å². The van der Waals surface area contributed by atoms with Crippen LogP contribution in [0.5, 0.6) is 5.75 Å². The van der Waals surface area contributed by atoms with Crippen molar-refractivity contribution in [2.75, 3.05) is 19.5 Å². The predicted molar refractivity (Wildman–Crippen MR) is 74.3 cm³/mol. The molecule has 0 bridgehead atoms. The number of rotatable bonds is 5. The lowest BCUT2D eigenvalue weighted by Gasteiger charge is -2.08. The van der Waals surface area contributed by atoms with Gasteiger partial charge < -0.3 is 14.6 Å². The summed E-state index contributed by atoms with van der Waals surface area (Å²) in [4.78, 5) is 10.6. The van der Waals surface area contributed by atoms with Gasteiger partial charge in [0.15, 0.2) is 0 Å². The van der Waals surface area contributed by atoms with E-state index in [0.717, 1.165) is 22.5 Å². The standard InChI is InChI=1S/C12H13N3O4S/c1-18-6-7-3-4-8(19-2)5-9(7)10-14-15-11(20-10)13-12(16)17/h3-5H,6H2,1-2H3,(H,13,15)(H,16,17). The van der Waals surface area contributed by atoms with Crippen LogP contribution in [0.4, 0.5) is 9.93 Å². The molecule has 0 saturated carbocycles. The molecule has 7 nitrogen and oxygen atoms in total. The quantitative estimate of drug-likeness (QED) is 0.880. The third kappa shape index (κ3) is 3.22. The summed E-state index contributed by atoms with van der Waals surface area (Å²) >= 11 is 1.15. The van der Waals surface area contributed by atoms with Gasteiger partial charge in [-0.1, -0.05) is 17.4 Å². The molecular formula is C12H13N3O4S. The van der Waals surface area contributed by atoms with Crippen LogP contribution < -0.4 is 10.1 Å². The summed E-state index contributed by atoms with van der Waals surface area (Å²) in [6.45, 7) is 0.417. The van der Waals surface area contributed by atoms with E-state index in [0.29, 0.717) is 17.4 Å². The van der Waals surface area contributed by atoms with Crippen molar-refractivity contribution in [1.82, 2.24) is 10.2 Å². The fraction of sp³-hybridized carbons (Fsp3) is 0.250. The molecule has 1 heterocycles. The van der Waals surface area contributed by atoms with Crippen LogP contribution in [0.3, 0.4) is 0 Å². The maximum absolute atomic E-state index is 10.6. The molecule has 0 radical (unpaired) electrons. The van der Waals surface area contributed by atoms with Crippen molar-refractivity contribution in [2.24, 2.45) is 0 Å². The first-order valence-electron chi connectivity index (χ1n) is 5.63. The van der Waals surface area contributed by atoms with Crippen molar-refractivity contribution >= 4 is 22.6 Å². The van der Waals surface area contributed by atoms with E-state index in [1.165, 1.54) is 0 Å². The molecule has 1 aromatic carbocycles. The van der Waals surface area contributed by atoms with Crippen LogP contribution in [0.2, 0.25) is 0 Å². The van der Waals surface area contributed by atoms with Crippen molar-refractivity contribution in [3.63, 3.8) is 0 Å². The minimum Gasteiger partial charge on any atom is -0.497 e. The van der Waals surface area contributed by atoms with E-state index in [9.17, 15) is 4.79 Å². The molecule has 0 saturated heterocycles. The van der Waals surface area contributed by atoms with E-state index in [2.05, 4.69) is 15.5 Å². The summed E-state index contributed by atoms with van der Waals surface area (Å²) in [5, 5.41) is 19.4. The highest BCUT2D eigenvalue weighted by molar-refractivity contribution is 7.18. The van der Waals surface area contributed by atoms with Crippen molar-refractivity contribution in [3.8, 4) is 16.3 Å². The van der Waals surface area contributed by atoms with Gasteiger partial charge in [-0.15, -0.1) is 10.2 Å². The Morgan fingerprint density at radius 2 is 2.20 bits per heavy atom. The number of nitrogens with one attached hydrogen (secondary N) is 1. The van der Waals surface area contributed by atoms with Crippen LogP contribution in [0.1, 0.15) is 5.56 Å². The molecule has 1 amide bonds. The summed E-state index contributed by atoms with van der Waals surface area (Å²) in [6.07, 6.45) is -1.17. The normalized spacial score (nSPS) is 10.3. The lowest BCUT2D eigenvalue weighted by atomic mass is 10.1. The Bertz CT molecular complexity index is 614. The van der Waals surface area contributed by atoms with Crippen LogP contribution in [-0.4, -0.2) is 35.6 Å². The first-order chi connectivity index (χ1) is 9.63. The molecule has 20 heavy (non-hydrogen) atoms. The summed E-state index contributed by atoms with van der Waals surface area (Å²) in [5.74, 6) is 0.683. The predicted octanol–water partition coefficient (Wildman–Crippen LogP) is 2.45. The van der Waals surface area contributed by atoms with Crippen LogP contribution in [-0.2, 0) is 11.3 Å². The number of methoxy groups -OCH3 is 2. The lowest BCUT2D eigenvalue weighted by Crippen LogP contribution is -2.06. The zero-order chi connectivity index (χ0) is 14.5. The SMILES string of the molecule is COCc1ccc(OC)cc1-c1nnc(NC(=O)O)s1. The van der Waals surface area contributed by atoms with Crippen molar-refractivity contribution in [1.29, 1.82) is 0 Å². The van der Waals surface area contributed by atoms with Gasteiger partial charge in [-0.3, -0.25) is 5.32 Å². The van der Waals surface area contributed by atoms with Gasteiger partial charge in [-0.2, -0.15) is 0 Å².